The number of hydrogen-bond donors (Lipinski definition) is 1. The molecular formula is C15H18N2O4. The number of carboxylic acid groups (broad SMARTS) is 1. The lowest BCUT2D eigenvalue weighted by molar-refractivity contribution is 0.0672. The van der Waals surface area contributed by atoms with Crippen LogP contribution in [0.15, 0.2) is 29.0 Å². The second-order valence-electron chi connectivity index (χ2n) is 5.28. The van der Waals surface area contributed by atoms with Gasteiger partial charge in [0.2, 0.25) is 0 Å². The van der Waals surface area contributed by atoms with Crippen LogP contribution in [0.5, 0.6) is 5.75 Å². The minimum Gasteiger partial charge on any atom is -0.486 e. The SMILES string of the molecule is O=C(O)c1c(OC2CCCCC2)cnn1Cc1ccco1. The summed E-state index contributed by atoms with van der Waals surface area (Å²) in [6.45, 7) is 0.280. The molecule has 1 aliphatic rings. The summed E-state index contributed by atoms with van der Waals surface area (Å²) in [4.78, 5) is 11.5. The van der Waals surface area contributed by atoms with Gasteiger partial charge < -0.3 is 14.3 Å². The molecule has 6 nitrogen and oxygen atoms in total. The molecule has 1 saturated carbocycles. The highest BCUT2D eigenvalue weighted by Gasteiger charge is 2.23. The molecule has 0 bridgehead atoms. The van der Waals surface area contributed by atoms with Crippen LogP contribution in [-0.4, -0.2) is 27.0 Å². The standard InChI is InChI=1S/C15H18N2O4/c18-15(19)14-13(21-11-5-2-1-3-6-11)9-16-17(14)10-12-7-4-8-20-12/h4,7-9,11H,1-3,5-6,10H2,(H,18,19). The van der Waals surface area contributed by atoms with Gasteiger partial charge in [-0.1, -0.05) is 6.42 Å². The van der Waals surface area contributed by atoms with Crippen LogP contribution in [0.3, 0.4) is 0 Å². The summed E-state index contributed by atoms with van der Waals surface area (Å²) < 4.78 is 12.5. The Hall–Kier alpha value is -2.24. The van der Waals surface area contributed by atoms with Crippen LogP contribution in [0, 0.1) is 0 Å². The Labute approximate surface area is 122 Å². The van der Waals surface area contributed by atoms with Gasteiger partial charge in [0.05, 0.1) is 18.6 Å². The number of furan rings is 1. The summed E-state index contributed by atoms with van der Waals surface area (Å²) in [6.07, 6.45) is 8.58. The fraction of sp³-hybridized carbons (Fsp3) is 0.467. The molecule has 0 atom stereocenters. The van der Waals surface area contributed by atoms with Crippen LogP contribution in [-0.2, 0) is 6.54 Å². The number of aromatic carboxylic acids is 1. The topological polar surface area (TPSA) is 77.5 Å². The molecule has 0 saturated heterocycles. The molecule has 112 valence electrons. The first kappa shape index (κ1) is 13.7. The van der Waals surface area contributed by atoms with Gasteiger partial charge in [0, 0.05) is 0 Å². The highest BCUT2D eigenvalue weighted by molar-refractivity contribution is 5.88. The molecule has 2 aromatic rings. The first-order valence-corrected chi connectivity index (χ1v) is 7.22. The molecule has 1 fully saturated rings. The van der Waals surface area contributed by atoms with Crippen LogP contribution in [0.2, 0.25) is 0 Å². The fourth-order valence-corrected chi connectivity index (χ4v) is 2.70. The molecule has 0 aromatic carbocycles. The summed E-state index contributed by atoms with van der Waals surface area (Å²) in [5, 5.41) is 13.6. The predicted molar refractivity (Wildman–Crippen MR) is 74.5 cm³/mol. The van der Waals surface area contributed by atoms with E-state index in [1.54, 1.807) is 18.4 Å². The van der Waals surface area contributed by atoms with Crippen LogP contribution in [0.4, 0.5) is 0 Å². The van der Waals surface area contributed by atoms with Gasteiger partial charge in [-0.05, 0) is 37.8 Å². The molecule has 0 amide bonds. The minimum absolute atomic E-state index is 0.0805. The van der Waals surface area contributed by atoms with Crippen molar-refractivity contribution >= 4 is 5.97 Å². The van der Waals surface area contributed by atoms with Gasteiger partial charge in [-0.15, -0.1) is 0 Å². The number of ether oxygens (including phenoxy) is 1. The largest absolute Gasteiger partial charge is 0.486 e. The van der Waals surface area contributed by atoms with E-state index in [2.05, 4.69) is 5.10 Å². The van der Waals surface area contributed by atoms with Crippen LogP contribution in [0.1, 0.15) is 48.4 Å². The van der Waals surface area contributed by atoms with Crippen molar-refractivity contribution in [2.45, 2.75) is 44.8 Å². The number of nitrogens with zero attached hydrogens (tertiary/aromatic N) is 2. The Bertz CT molecular complexity index is 597. The van der Waals surface area contributed by atoms with Crippen molar-refractivity contribution in [1.82, 2.24) is 9.78 Å². The molecule has 21 heavy (non-hydrogen) atoms. The van der Waals surface area contributed by atoms with Crippen molar-refractivity contribution < 1.29 is 19.1 Å². The Morgan fingerprint density at radius 2 is 2.24 bits per heavy atom. The maximum atomic E-state index is 11.5. The Morgan fingerprint density at radius 3 is 2.90 bits per heavy atom. The van der Waals surface area contributed by atoms with E-state index in [0.717, 1.165) is 25.7 Å². The predicted octanol–water partition coefficient (Wildman–Crippen LogP) is 2.93. The van der Waals surface area contributed by atoms with Crippen molar-refractivity contribution in [3.63, 3.8) is 0 Å². The third-order valence-corrected chi connectivity index (χ3v) is 3.74. The number of hydrogen-bond acceptors (Lipinski definition) is 4. The van der Waals surface area contributed by atoms with Crippen molar-refractivity contribution in [1.29, 1.82) is 0 Å². The summed E-state index contributed by atoms with van der Waals surface area (Å²) in [7, 11) is 0. The first-order chi connectivity index (χ1) is 10.2. The van der Waals surface area contributed by atoms with Crippen molar-refractivity contribution in [2.24, 2.45) is 0 Å². The van der Waals surface area contributed by atoms with Crippen molar-refractivity contribution in [2.75, 3.05) is 0 Å². The van der Waals surface area contributed by atoms with Gasteiger partial charge in [0.25, 0.3) is 0 Å². The molecular weight excluding hydrogens is 272 g/mol. The maximum absolute atomic E-state index is 11.5. The van der Waals surface area contributed by atoms with Crippen molar-refractivity contribution in [3.8, 4) is 5.75 Å². The lowest BCUT2D eigenvalue weighted by atomic mass is 9.98. The second-order valence-corrected chi connectivity index (χ2v) is 5.28. The zero-order valence-electron chi connectivity index (χ0n) is 11.7. The van der Waals surface area contributed by atoms with E-state index >= 15 is 0 Å². The molecule has 0 radical (unpaired) electrons. The molecule has 2 aromatic heterocycles. The lowest BCUT2D eigenvalue weighted by Gasteiger charge is -2.22. The highest BCUT2D eigenvalue weighted by atomic mass is 16.5. The minimum atomic E-state index is -1.04. The third kappa shape index (κ3) is 3.09. The average Bonchev–Trinajstić information content (AvgIpc) is 3.11. The first-order valence-electron chi connectivity index (χ1n) is 7.22. The summed E-state index contributed by atoms with van der Waals surface area (Å²) >= 11 is 0. The van der Waals surface area contributed by atoms with Gasteiger partial charge in [0.15, 0.2) is 11.4 Å². The van der Waals surface area contributed by atoms with Gasteiger partial charge in [0.1, 0.15) is 12.3 Å². The number of carbonyl (C=O) groups is 1. The second kappa shape index (κ2) is 6.03. The zero-order valence-corrected chi connectivity index (χ0v) is 11.7. The summed E-state index contributed by atoms with van der Waals surface area (Å²) in [5.74, 6) is -0.0318. The van der Waals surface area contributed by atoms with E-state index in [1.807, 2.05) is 0 Å². The quantitative estimate of drug-likeness (QED) is 0.916. The van der Waals surface area contributed by atoms with Gasteiger partial charge in [-0.25, -0.2) is 9.48 Å². The van der Waals surface area contributed by atoms with Crippen LogP contribution < -0.4 is 4.74 Å². The Balaban J connectivity index is 1.80. The molecule has 1 aliphatic carbocycles. The number of carboxylic acids is 1. The maximum Gasteiger partial charge on any atom is 0.358 e. The Kier molecular flexibility index (Phi) is 3.94. The van der Waals surface area contributed by atoms with E-state index < -0.39 is 5.97 Å². The molecule has 6 heteroatoms. The van der Waals surface area contributed by atoms with Crippen LogP contribution >= 0.6 is 0 Å². The normalized spacial score (nSPS) is 16.0. The number of aromatic nitrogens is 2. The summed E-state index contributed by atoms with van der Waals surface area (Å²) in [5.41, 5.74) is 0.0805. The van der Waals surface area contributed by atoms with E-state index in [0.29, 0.717) is 11.5 Å². The molecule has 3 rings (SSSR count). The Morgan fingerprint density at radius 1 is 1.43 bits per heavy atom. The molecule has 0 aliphatic heterocycles. The number of rotatable bonds is 5. The molecule has 0 spiro atoms. The van der Waals surface area contributed by atoms with Crippen molar-refractivity contribution in [3.05, 3.63) is 36.0 Å². The smallest absolute Gasteiger partial charge is 0.358 e. The fourth-order valence-electron chi connectivity index (χ4n) is 2.70. The van der Waals surface area contributed by atoms with Gasteiger partial charge >= 0.3 is 5.97 Å². The zero-order chi connectivity index (χ0) is 14.7. The third-order valence-electron chi connectivity index (χ3n) is 3.74. The monoisotopic (exact) mass is 290 g/mol. The van der Waals surface area contributed by atoms with E-state index in [9.17, 15) is 9.90 Å². The molecule has 2 heterocycles. The molecule has 1 N–H and O–H groups in total. The molecule has 0 unspecified atom stereocenters. The van der Waals surface area contributed by atoms with E-state index in [1.165, 1.54) is 17.3 Å². The van der Waals surface area contributed by atoms with Crippen LogP contribution in [0.25, 0.3) is 0 Å². The average molecular weight is 290 g/mol. The van der Waals surface area contributed by atoms with E-state index in [4.69, 9.17) is 9.15 Å². The lowest BCUT2D eigenvalue weighted by Crippen LogP contribution is -2.21. The van der Waals surface area contributed by atoms with E-state index in [-0.39, 0.29) is 18.3 Å². The van der Waals surface area contributed by atoms with Gasteiger partial charge in [-0.2, -0.15) is 5.10 Å². The summed E-state index contributed by atoms with van der Waals surface area (Å²) in [6, 6.07) is 3.55. The highest BCUT2D eigenvalue weighted by Crippen LogP contribution is 2.26. The van der Waals surface area contributed by atoms with Gasteiger partial charge in [-0.3, -0.25) is 0 Å².